The van der Waals surface area contributed by atoms with Crippen LogP contribution in [0.4, 0.5) is 13.2 Å². The Balaban J connectivity index is 1.74. The monoisotopic (exact) mass is 424 g/mol. The van der Waals surface area contributed by atoms with Crippen molar-refractivity contribution in [2.45, 2.75) is 43.6 Å². The van der Waals surface area contributed by atoms with E-state index in [1.54, 1.807) is 24.0 Å². The van der Waals surface area contributed by atoms with E-state index in [2.05, 4.69) is 10.3 Å². The van der Waals surface area contributed by atoms with Gasteiger partial charge in [0.15, 0.2) is 0 Å². The van der Waals surface area contributed by atoms with Gasteiger partial charge in [-0.2, -0.15) is 5.26 Å². The smallest absolute Gasteiger partial charge is 0.134 e. The van der Waals surface area contributed by atoms with Crippen molar-refractivity contribution in [3.63, 3.8) is 0 Å². The van der Waals surface area contributed by atoms with Gasteiger partial charge < -0.3 is 5.11 Å². The molecule has 0 amide bonds. The van der Waals surface area contributed by atoms with Gasteiger partial charge in [0, 0.05) is 24.9 Å². The fraction of sp³-hybridized carbons (Fsp3) is 0.348. The lowest BCUT2D eigenvalue weighted by atomic mass is 9.74. The molecule has 3 aromatic rings. The molecule has 2 aromatic carbocycles. The number of nitriles is 1. The van der Waals surface area contributed by atoms with E-state index in [-0.39, 0.29) is 29.9 Å². The minimum Gasteiger partial charge on any atom is -0.385 e. The molecule has 2 aliphatic rings. The number of fused-ring (bicyclic) bond motifs is 2. The average Bonchev–Trinajstić information content (AvgIpc) is 3.31. The Kier molecular flexibility index (Phi) is 4.59. The van der Waals surface area contributed by atoms with Crippen LogP contribution in [0.5, 0.6) is 0 Å². The van der Waals surface area contributed by atoms with E-state index < -0.39 is 24.3 Å². The molecule has 2 aliphatic carbocycles. The second kappa shape index (κ2) is 7.20. The highest BCUT2D eigenvalue weighted by Gasteiger charge is 2.39. The lowest BCUT2D eigenvalue weighted by molar-refractivity contribution is 0.0929. The molecule has 0 unspecified atom stereocenters. The van der Waals surface area contributed by atoms with Gasteiger partial charge in [-0.1, -0.05) is 17.3 Å². The molecule has 158 valence electrons. The average molecular weight is 424 g/mol. The van der Waals surface area contributed by atoms with Gasteiger partial charge in [0.2, 0.25) is 0 Å². The fourth-order valence-corrected chi connectivity index (χ4v) is 5.12. The maximum absolute atomic E-state index is 14.7. The molecule has 4 atom stereocenters. The molecule has 1 aromatic heterocycles. The Morgan fingerprint density at radius 3 is 2.68 bits per heavy atom. The molecule has 0 radical (unpaired) electrons. The van der Waals surface area contributed by atoms with Crippen LogP contribution in [-0.2, 0) is 13.5 Å². The highest BCUT2D eigenvalue weighted by Crippen LogP contribution is 2.49. The van der Waals surface area contributed by atoms with Crippen LogP contribution in [-0.4, -0.2) is 26.3 Å². The Bertz CT molecular complexity index is 1230. The van der Waals surface area contributed by atoms with Gasteiger partial charge in [0.05, 0.1) is 23.5 Å². The fourth-order valence-electron chi connectivity index (χ4n) is 5.12. The summed E-state index contributed by atoms with van der Waals surface area (Å²) in [5.74, 6) is -1.04. The van der Waals surface area contributed by atoms with E-state index >= 15 is 0 Å². The molecule has 0 aliphatic heterocycles. The summed E-state index contributed by atoms with van der Waals surface area (Å²) in [6.07, 6.45) is -2.00. The number of aromatic nitrogens is 3. The summed E-state index contributed by atoms with van der Waals surface area (Å²) in [4.78, 5) is 0. The van der Waals surface area contributed by atoms with Crippen LogP contribution in [0.2, 0.25) is 0 Å². The van der Waals surface area contributed by atoms with Crippen molar-refractivity contribution in [2.24, 2.45) is 7.05 Å². The third-order valence-corrected chi connectivity index (χ3v) is 6.49. The highest BCUT2D eigenvalue weighted by atomic mass is 19.1. The van der Waals surface area contributed by atoms with E-state index in [4.69, 9.17) is 0 Å². The van der Waals surface area contributed by atoms with Crippen molar-refractivity contribution in [2.75, 3.05) is 0 Å². The van der Waals surface area contributed by atoms with E-state index in [1.165, 1.54) is 0 Å². The zero-order valence-electron chi connectivity index (χ0n) is 16.7. The zero-order valence-corrected chi connectivity index (χ0v) is 16.7. The van der Waals surface area contributed by atoms with Gasteiger partial charge in [-0.25, -0.2) is 17.9 Å². The number of aliphatic hydroxyl groups is 1. The van der Waals surface area contributed by atoms with Gasteiger partial charge in [-0.15, -0.1) is 5.10 Å². The molecule has 0 bridgehead atoms. The van der Waals surface area contributed by atoms with Crippen LogP contribution in [0.25, 0.3) is 11.3 Å². The second-order valence-corrected chi connectivity index (χ2v) is 8.17. The normalized spacial score (nSPS) is 24.5. The van der Waals surface area contributed by atoms with Crippen LogP contribution >= 0.6 is 0 Å². The third kappa shape index (κ3) is 2.95. The molecule has 5 rings (SSSR count). The lowest BCUT2D eigenvalue weighted by Crippen LogP contribution is -2.17. The largest absolute Gasteiger partial charge is 0.385 e. The van der Waals surface area contributed by atoms with E-state index in [1.807, 2.05) is 12.1 Å². The van der Waals surface area contributed by atoms with E-state index in [0.717, 1.165) is 17.7 Å². The summed E-state index contributed by atoms with van der Waals surface area (Å²) >= 11 is 0. The first-order valence-electron chi connectivity index (χ1n) is 10.1. The zero-order chi connectivity index (χ0) is 21.9. The number of rotatable bonds is 2. The number of halogens is 3. The molecular weight excluding hydrogens is 405 g/mol. The molecule has 8 heteroatoms. The number of hydrogen-bond acceptors (Lipinski definition) is 4. The maximum atomic E-state index is 14.7. The van der Waals surface area contributed by atoms with Crippen LogP contribution < -0.4 is 0 Å². The summed E-state index contributed by atoms with van der Waals surface area (Å²) in [7, 11) is 1.71. The molecule has 0 saturated heterocycles. The Hall–Kier alpha value is -3.18. The number of benzene rings is 2. The molecule has 5 nitrogen and oxygen atoms in total. The summed E-state index contributed by atoms with van der Waals surface area (Å²) in [5.41, 5.74) is 3.87. The first-order valence-corrected chi connectivity index (χ1v) is 10.1. The molecule has 0 saturated carbocycles. The van der Waals surface area contributed by atoms with Crippen LogP contribution in [0, 0.1) is 17.1 Å². The quantitative estimate of drug-likeness (QED) is 0.664. The topological polar surface area (TPSA) is 74.7 Å². The summed E-state index contributed by atoms with van der Waals surface area (Å²) < 4.78 is 44.9. The van der Waals surface area contributed by atoms with E-state index in [0.29, 0.717) is 34.4 Å². The molecule has 31 heavy (non-hydrogen) atoms. The van der Waals surface area contributed by atoms with Gasteiger partial charge in [0.25, 0.3) is 0 Å². The van der Waals surface area contributed by atoms with Gasteiger partial charge >= 0.3 is 0 Å². The van der Waals surface area contributed by atoms with Crippen molar-refractivity contribution in [3.05, 3.63) is 69.7 Å². The third-order valence-electron chi connectivity index (χ3n) is 6.49. The molecule has 0 fully saturated rings. The summed E-state index contributed by atoms with van der Waals surface area (Å²) in [6.45, 7) is 0. The van der Waals surface area contributed by atoms with Crippen molar-refractivity contribution in [1.82, 2.24) is 15.0 Å². The second-order valence-electron chi connectivity index (χ2n) is 8.17. The number of aryl methyl sites for hydroxylation is 1. The first kappa shape index (κ1) is 19.8. The molecule has 1 heterocycles. The van der Waals surface area contributed by atoms with Gasteiger partial charge in [-0.05, 0) is 52.8 Å². The summed E-state index contributed by atoms with van der Waals surface area (Å²) in [5, 5.41) is 28.0. The molecule has 0 spiro atoms. The summed E-state index contributed by atoms with van der Waals surface area (Å²) in [6, 6.07) is 7.88. The SMILES string of the molecule is Cn1nncc1-c1ccc([C@H]2CC[C@H](F)c3cc(F)cc(C#N)c32)c2c1[C@H](O)[C@H](F)C2. The van der Waals surface area contributed by atoms with Crippen LogP contribution in [0.3, 0.4) is 0 Å². The minimum absolute atomic E-state index is 0.0128. The standard InChI is InChI=1S/C23H19F3N4O/c1-30-20(10-28-29-30)15-3-2-13(16-8-19(26)23(31)22(15)16)14-4-5-18(25)17-7-12(24)6-11(9-27)21(14)17/h2-3,6-7,10,14,18-19,23,31H,4-5,8H2,1H3/t14-,18+,19-,23-/m1/s1. The molecule has 1 N–H and O–H groups in total. The minimum atomic E-state index is -1.48. The van der Waals surface area contributed by atoms with Crippen molar-refractivity contribution < 1.29 is 18.3 Å². The Morgan fingerprint density at radius 2 is 1.97 bits per heavy atom. The van der Waals surface area contributed by atoms with Crippen molar-refractivity contribution in [3.8, 4) is 17.3 Å². The predicted octanol–water partition coefficient (Wildman–Crippen LogP) is 4.36. The van der Waals surface area contributed by atoms with Crippen LogP contribution in [0.15, 0.2) is 30.5 Å². The van der Waals surface area contributed by atoms with Crippen molar-refractivity contribution in [1.29, 1.82) is 5.26 Å². The Morgan fingerprint density at radius 1 is 1.16 bits per heavy atom. The number of hydrogen-bond donors (Lipinski definition) is 1. The lowest BCUT2D eigenvalue weighted by Gasteiger charge is -2.31. The maximum Gasteiger partial charge on any atom is 0.134 e. The highest BCUT2D eigenvalue weighted by molar-refractivity contribution is 5.69. The number of nitrogens with zero attached hydrogens (tertiary/aromatic N) is 4. The van der Waals surface area contributed by atoms with Crippen LogP contribution in [0.1, 0.15) is 64.4 Å². The van der Waals surface area contributed by atoms with Gasteiger partial charge in [-0.3, -0.25) is 0 Å². The van der Waals surface area contributed by atoms with Gasteiger partial charge in [0.1, 0.15) is 24.3 Å². The number of aliphatic hydroxyl groups excluding tert-OH is 1. The van der Waals surface area contributed by atoms with Crippen molar-refractivity contribution >= 4 is 0 Å². The molecular formula is C23H19F3N4O. The Labute approximate surface area is 176 Å². The first-order chi connectivity index (χ1) is 14.9. The number of alkyl halides is 2. The van der Waals surface area contributed by atoms with E-state index in [9.17, 15) is 23.5 Å². The predicted molar refractivity (Wildman–Crippen MR) is 106 cm³/mol.